The van der Waals surface area contributed by atoms with Gasteiger partial charge in [0.15, 0.2) is 5.82 Å². The summed E-state index contributed by atoms with van der Waals surface area (Å²) in [5.74, 6) is 1.13. The van der Waals surface area contributed by atoms with Crippen molar-refractivity contribution in [3.05, 3.63) is 52.5 Å². The number of aromatic nitrogens is 2. The molecule has 0 spiro atoms. The third-order valence-corrected chi connectivity index (χ3v) is 3.89. The normalized spacial score (nSPS) is 10.8. The van der Waals surface area contributed by atoms with Gasteiger partial charge in [-0.3, -0.25) is 5.10 Å². The zero-order valence-electron chi connectivity index (χ0n) is 13.3. The zero-order chi connectivity index (χ0) is 17.8. The minimum atomic E-state index is -0.828. The Labute approximate surface area is 148 Å². The number of nitrogens with two attached hydrogens (primary N) is 2. The Balaban J connectivity index is 1.78. The SMILES string of the molecule is NC(=O)OCCOc1ccc(Cl)cc1Cc1ccc2[nH]nc(N)c2c1. The van der Waals surface area contributed by atoms with Gasteiger partial charge in [0.1, 0.15) is 19.0 Å². The van der Waals surface area contributed by atoms with Gasteiger partial charge >= 0.3 is 6.09 Å². The maximum Gasteiger partial charge on any atom is 0.404 e. The van der Waals surface area contributed by atoms with Crippen LogP contribution in [-0.2, 0) is 11.2 Å². The molecule has 0 fully saturated rings. The van der Waals surface area contributed by atoms with E-state index in [2.05, 4.69) is 14.9 Å². The van der Waals surface area contributed by atoms with Crippen LogP contribution < -0.4 is 16.2 Å². The maximum absolute atomic E-state index is 10.6. The van der Waals surface area contributed by atoms with Crippen molar-refractivity contribution in [2.75, 3.05) is 18.9 Å². The van der Waals surface area contributed by atoms with E-state index in [0.717, 1.165) is 22.0 Å². The highest BCUT2D eigenvalue weighted by Crippen LogP contribution is 2.27. The molecular weight excluding hydrogens is 344 g/mol. The Morgan fingerprint density at radius 1 is 1.20 bits per heavy atom. The highest BCUT2D eigenvalue weighted by atomic mass is 35.5. The molecule has 0 bridgehead atoms. The number of nitrogen functional groups attached to an aromatic ring is 1. The Kier molecular flexibility index (Phi) is 4.95. The number of carbonyl (C=O) groups excluding carboxylic acids is 1. The Morgan fingerprint density at radius 3 is 2.84 bits per heavy atom. The van der Waals surface area contributed by atoms with Crippen molar-refractivity contribution in [3.63, 3.8) is 0 Å². The van der Waals surface area contributed by atoms with E-state index in [0.29, 0.717) is 23.0 Å². The van der Waals surface area contributed by atoms with E-state index >= 15 is 0 Å². The number of aromatic amines is 1. The molecule has 3 aromatic rings. The third kappa shape index (κ3) is 4.13. The van der Waals surface area contributed by atoms with E-state index in [4.69, 9.17) is 27.8 Å². The Bertz CT molecular complexity index is 910. The van der Waals surface area contributed by atoms with Crippen molar-refractivity contribution < 1.29 is 14.3 Å². The number of nitrogens with one attached hydrogen (secondary N) is 1. The summed E-state index contributed by atoms with van der Waals surface area (Å²) in [4.78, 5) is 10.6. The summed E-state index contributed by atoms with van der Waals surface area (Å²) in [6, 6.07) is 11.3. The number of hydrogen-bond acceptors (Lipinski definition) is 5. The minimum absolute atomic E-state index is 0.0783. The van der Waals surface area contributed by atoms with Crippen LogP contribution in [0.4, 0.5) is 10.6 Å². The maximum atomic E-state index is 10.6. The van der Waals surface area contributed by atoms with Crippen LogP contribution in [-0.4, -0.2) is 29.5 Å². The van der Waals surface area contributed by atoms with Crippen molar-refractivity contribution in [2.24, 2.45) is 5.73 Å². The molecule has 3 rings (SSSR count). The van der Waals surface area contributed by atoms with Crippen LogP contribution in [0.2, 0.25) is 5.02 Å². The quantitative estimate of drug-likeness (QED) is 0.584. The molecule has 0 aliphatic carbocycles. The van der Waals surface area contributed by atoms with Crippen LogP contribution in [0.5, 0.6) is 5.75 Å². The minimum Gasteiger partial charge on any atom is -0.490 e. The first-order chi connectivity index (χ1) is 12.0. The summed E-state index contributed by atoms with van der Waals surface area (Å²) in [7, 11) is 0. The third-order valence-electron chi connectivity index (χ3n) is 3.66. The molecule has 7 nitrogen and oxygen atoms in total. The van der Waals surface area contributed by atoms with Gasteiger partial charge in [-0.2, -0.15) is 5.10 Å². The van der Waals surface area contributed by atoms with Crippen molar-refractivity contribution >= 4 is 34.4 Å². The van der Waals surface area contributed by atoms with Crippen LogP contribution in [0.15, 0.2) is 36.4 Å². The number of carbonyl (C=O) groups is 1. The van der Waals surface area contributed by atoms with Crippen molar-refractivity contribution in [2.45, 2.75) is 6.42 Å². The lowest BCUT2D eigenvalue weighted by atomic mass is 10.0. The van der Waals surface area contributed by atoms with Gasteiger partial charge in [0.05, 0.1) is 5.52 Å². The van der Waals surface area contributed by atoms with Crippen LogP contribution in [0, 0.1) is 0 Å². The number of hydrogen-bond donors (Lipinski definition) is 3. The van der Waals surface area contributed by atoms with Gasteiger partial charge in [0, 0.05) is 16.8 Å². The summed E-state index contributed by atoms with van der Waals surface area (Å²) < 4.78 is 10.3. The molecule has 130 valence electrons. The molecule has 0 saturated heterocycles. The van der Waals surface area contributed by atoms with E-state index in [9.17, 15) is 4.79 Å². The monoisotopic (exact) mass is 360 g/mol. The van der Waals surface area contributed by atoms with Crippen LogP contribution >= 0.6 is 11.6 Å². The lowest BCUT2D eigenvalue weighted by Gasteiger charge is -2.12. The molecule has 1 aromatic heterocycles. The average molecular weight is 361 g/mol. The fourth-order valence-electron chi connectivity index (χ4n) is 2.53. The number of benzene rings is 2. The fraction of sp³-hybridized carbons (Fsp3) is 0.176. The molecule has 5 N–H and O–H groups in total. The van der Waals surface area contributed by atoms with Gasteiger partial charge < -0.3 is 20.9 Å². The highest BCUT2D eigenvalue weighted by molar-refractivity contribution is 6.30. The van der Waals surface area contributed by atoms with Gasteiger partial charge in [-0.1, -0.05) is 17.7 Å². The molecule has 1 heterocycles. The summed E-state index contributed by atoms with van der Waals surface area (Å²) in [5, 5.41) is 8.35. The van der Waals surface area contributed by atoms with Gasteiger partial charge in [-0.25, -0.2) is 4.79 Å². The number of anilines is 1. The summed E-state index contributed by atoms with van der Waals surface area (Å²) in [5.41, 5.74) is 13.6. The number of halogens is 1. The van der Waals surface area contributed by atoms with Crippen molar-refractivity contribution in [1.82, 2.24) is 10.2 Å². The topological polar surface area (TPSA) is 116 Å². The first-order valence-electron chi connectivity index (χ1n) is 7.59. The van der Waals surface area contributed by atoms with E-state index in [-0.39, 0.29) is 13.2 Å². The second-order valence-corrected chi connectivity index (χ2v) is 5.87. The zero-order valence-corrected chi connectivity index (χ0v) is 14.0. The van der Waals surface area contributed by atoms with E-state index in [1.54, 1.807) is 12.1 Å². The number of H-pyrrole nitrogens is 1. The lowest BCUT2D eigenvalue weighted by Crippen LogP contribution is -2.17. The smallest absolute Gasteiger partial charge is 0.404 e. The second-order valence-electron chi connectivity index (χ2n) is 5.43. The standard InChI is InChI=1S/C17H17ClN4O3/c18-12-2-4-15(24-5-6-25-17(20)23)11(9-12)7-10-1-3-14-13(8-10)16(19)22-21-14/h1-4,8-9H,5-7H2,(H2,20,23)(H3,19,21,22). The second kappa shape index (κ2) is 7.31. The first kappa shape index (κ1) is 16.9. The van der Waals surface area contributed by atoms with Gasteiger partial charge in [-0.05, 0) is 41.5 Å². The van der Waals surface area contributed by atoms with Crippen LogP contribution in [0.1, 0.15) is 11.1 Å². The van der Waals surface area contributed by atoms with E-state index in [1.807, 2.05) is 24.3 Å². The summed E-state index contributed by atoms with van der Waals surface area (Å²) in [6.07, 6.45) is -0.224. The number of nitrogens with zero attached hydrogens (tertiary/aromatic N) is 1. The lowest BCUT2D eigenvalue weighted by molar-refractivity contribution is 0.133. The van der Waals surface area contributed by atoms with Crippen molar-refractivity contribution in [1.29, 1.82) is 0 Å². The highest BCUT2D eigenvalue weighted by Gasteiger charge is 2.09. The number of fused-ring (bicyclic) bond motifs is 1. The van der Waals surface area contributed by atoms with Crippen LogP contribution in [0.3, 0.4) is 0 Å². The largest absolute Gasteiger partial charge is 0.490 e. The molecule has 0 unspecified atom stereocenters. The molecule has 8 heteroatoms. The van der Waals surface area contributed by atoms with Crippen molar-refractivity contribution in [3.8, 4) is 5.75 Å². The number of rotatable bonds is 6. The first-order valence-corrected chi connectivity index (χ1v) is 7.96. The van der Waals surface area contributed by atoms with E-state index in [1.165, 1.54) is 0 Å². The fourth-order valence-corrected chi connectivity index (χ4v) is 2.73. The summed E-state index contributed by atoms with van der Waals surface area (Å²) >= 11 is 6.11. The Hall–Kier alpha value is -2.93. The predicted molar refractivity (Wildman–Crippen MR) is 95.8 cm³/mol. The molecule has 2 aromatic carbocycles. The molecule has 25 heavy (non-hydrogen) atoms. The molecular formula is C17H17ClN4O3. The molecule has 0 saturated carbocycles. The molecule has 0 aliphatic rings. The van der Waals surface area contributed by atoms with Gasteiger partial charge in [-0.15, -0.1) is 0 Å². The van der Waals surface area contributed by atoms with Gasteiger partial charge in [0.2, 0.25) is 0 Å². The number of ether oxygens (including phenoxy) is 2. The molecule has 0 atom stereocenters. The van der Waals surface area contributed by atoms with Gasteiger partial charge in [0.25, 0.3) is 0 Å². The van der Waals surface area contributed by atoms with Crippen LogP contribution in [0.25, 0.3) is 10.9 Å². The molecule has 0 radical (unpaired) electrons. The van der Waals surface area contributed by atoms with E-state index < -0.39 is 6.09 Å². The number of amides is 1. The summed E-state index contributed by atoms with van der Waals surface area (Å²) in [6.45, 7) is 0.278. The molecule has 1 amide bonds. The average Bonchev–Trinajstić information content (AvgIpc) is 2.94. The molecule has 0 aliphatic heterocycles. The predicted octanol–water partition coefficient (Wildman–Crippen LogP) is 2.86. The Morgan fingerprint density at radius 2 is 2.04 bits per heavy atom. The number of primary amides is 1.